The summed E-state index contributed by atoms with van der Waals surface area (Å²) < 4.78 is 16.6. The van der Waals surface area contributed by atoms with Gasteiger partial charge in [-0.3, -0.25) is 4.79 Å². The van der Waals surface area contributed by atoms with E-state index in [1.165, 1.54) is 18.2 Å². The topological polar surface area (TPSA) is 70.8 Å². The molecule has 5 nitrogen and oxygen atoms in total. The summed E-state index contributed by atoms with van der Waals surface area (Å²) in [5.41, 5.74) is 9.15. The molecule has 30 heavy (non-hydrogen) atoms. The van der Waals surface area contributed by atoms with Gasteiger partial charge < -0.3 is 19.9 Å². The van der Waals surface area contributed by atoms with E-state index in [1.807, 2.05) is 25.1 Å². The third-order valence-corrected chi connectivity index (χ3v) is 5.68. The number of nitrogens with two attached hydrogens (primary N) is 1. The molecule has 3 rings (SSSR count). The van der Waals surface area contributed by atoms with E-state index in [2.05, 4.69) is 36.4 Å². The maximum atomic E-state index is 12.5. The van der Waals surface area contributed by atoms with Crippen LogP contribution in [0.5, 0.6) is 0 Å². The van der Waals surface area contributed by atoms with E-state index in [4.69, 9.17) is 19.9 Å². The van der Waals surface area contributed by atoms with Crippen molar-refractivity contribution in [2.75, 3.05) is 20.3 Å². The Bertz CT molecular complexity index is 787. The highest BCUT2D eigenvalue weighted by molar-refractivity contribution is 5.76. The Balaban J connectivity index is 1.59. The lowest BCUT2D eigenvalue weighted by Crippen LogP contribution is -2.42. The van der Waals surface area contributed by atoms with Crippen molar-refractivity contribution in [3.05, 3.63) is 60.2 Å². The first-order valence-corrected chi connectivity index (χ1v) is 10.7. The minimum Gasteiger partial charge on any atom is -0.469 e. The maximum Gasteiger partial charge on any atom is 0.313 e. The zero-order valence-electron chi connectivity index (χ0n) is 18.0. The Morgan fingerprint density at radius 1 is 1.13 bits per heavy atom. The van der Waals surface area contributed by atoms with Crippen molar-refractivity contribution in [2.24, 2.45) is 11.1 Å². The molecule has 1 aliphatic heterocycles. The van der Waals surface area contributed by atoms with Crippen LogP contribution in [0.3, 0.4) is 0 Å². The number of ether oxygens (including phenoxy) is 3. The van der Waals surface area contributed by atoms with Crippen LogP contribution in [0.15, 0.2) is 54.6 Å². The molecule has 1 aliphatic rings. The Labute approximate surface area is 179 Å². The molecule has 1 saturated heterocycles. The van der Waals surface area contributed by atoms with Crippen LogP contribution >= 0.6 is 0 Å². The predicted octanol–water partition coefficient (Wildman–Crippen LogP) is 4.34. The van der Waals surface area contributed by atoms with Crippen molar-refractivity contribution in [3.8, 4) is 11.1 Å². The van der Waals surface area contributed by atoms with Crippen LogP contribution in [0.4, 0.5) is 0 Å². The summed E-state index contributed by atoms with van der Waals surface area (Å²) in [6.07, 6.45) is 3.91. The molecular weight excluding hydrogens is 378 g/mol. The number of hydrogen-bond acceptors (Lipinski definition) is 5. The van der Waals surface area contributed by atoms with Crippen LogP contribution in [0, 0.1) is 5.41 Å². The molecular formula is C25H33NO4. The average molecular weight is 412 g/mol. The normalized spacial score (nSPS) is 19.6. The lowest BCUT2D eigenvalue weighted by Gasteiger charge is -2.32. The van der Waals surface area contributed by atoms with Crippen molar-refractivity contribution in [1.29, 1.82) is 0 Å². The highest BCUT2D eigenvalue weighted by atomic mass is 16.7. The summed E-state index contributed by atoms with van der Waals surface area (Å²) in [5.74, 6) is -0.298. The summed E-state index contributed by atoms with van der Waals surface area (Å²) in [6, 6.07) is 18.5. The largest absolute Gasteiger partial charge is 0.469 e. The molecule has 2 aromatic carbocycles. The number of esters is 1. The lowest BCUT2D eigenvalue weighted by atomic mass is 9.82. The maximum absolute atomic E-state index is 12.5. The molecule has 2 aromatic rings. The smallest absolute Gasteiger partial charge is 0.313 e. The van der Waals surface area contributed by atoms with Gasteiger partial charge in [0, 0.05) is 12.6 Å². The molecule has 0 spiro atoms. The van der Waals surface area contributed by atoms with Crippen molar-refractivity contribution < 1.29 is 19.0 Å². The first-order chi connectivity index (χ1) is 14.5. The molecule has 0 radical (unpaired) electrons. The molecule has 0 saturated carbocycles. The van der Waals surface area contributed by atoms with Gasteiger partial charge in [-0.05, 0) is 55.7 Å². The quantitative estimate of drug-likeness (QED) is 0.622. The van der Waals surface area contributed by atoms with Gasteiger partial charge in [0.2, 0.25) is 0 Å². The van der Waals surface area contributed by atoms with Gasteiger partial charge in [0.25, 0.3) is 0 Å². The number of carbonyl (C=O) groups is 1. The fourth-order valence-electron chi connectivity index (χ4n) is 3.98. The highest BCUT2D eigenvalue weighted by Gasteiger charge is 2.37. The summed E-state index contributed by atoms with van der Waals surface area (Å²) in [6.45, 7) is 2.81. The van der Waals surface area contributed by atoms with Gasteiger partial charge in [0.05, 0.1) is 19.1 Å². The number of benzene rings is 2. The minimum atomic E-state index is -0.807. The van der Waals surface area contributed by atoms with Crippen molar-refractivity contribution in [2.45, 2.75) is 51.4 Å². The third kappa shape index (κ3) is 6.14. The van der Waals surface area contributed by atoms with Gasteiger partial charge in [-0.15, -0.1) is 0 Å². The molecule has 5 heteroatoms. The second-order valence-electron chi connectivity index (χ2n) is 8.39. The molecule has 0 aromatic heterocycles. The van der Waals surface area contributed by atoms with Gasteiger partial charge in [-0.2, -0.15) is 0 Å². The molecule has 0 amide bonds. The zero-order chi connectivity index (χ0) is 21.4. The van der Waals surface area contributed by atoms with Crippen LogP contribution in [0.2, 0.25) is 0 Å². The van der Waals surface area contributed by atoms with Crippen molar-refractivity contribution >= 4 is 5.97 Å². The molecule has 2 N–H and O–H groups in total. The summed E-state index contributed by atoms with van der Waals surface area (Å²) in [4.78, 5) is 12.5. The van der Waals surface area contributed by atoms with Crippen molar-refractivity contribution in [3.63, 3.8) is 0 Å². The van der Waals surface area contributed by atoms with Crippen LogP contribution in [-0.2, 0) is 25.4 Å². The lowest BCUT2D eigenvalue weighted by molar-refractivity contribution is -0.188. The number of hydrogen-bond donors (Lipinski definition) is 1. The third-order valence-electron chi connectivity index (χ3n) is 5.68. The van der Waals surface area contributed by atoms with Gasteiger partial charge in [-0.25, -0.2) is 0 Å². The summed E-state index contributed by atoms with van der Waals surface area (Å²) in [7, 11) is 1.41. The van der Waals surface area contributed by atoms with Gasteiger partial charge in [0.1, 0.15) is 0 Å². The van der Waals surface area contributed by atoms with Crippen molar-refractivity contribution in [1.82, 2.24) is 0 Å². The van der Waals surface area contributed by atoms with E-state index in [0.717, 1.165) is 24.8 Å². The van der Waals surface area contributed by atoms with E-state index >= 15 is 0 Å². The number of carbonyl (C=O) groups excluding carboxylic acids is 1. The van der Waals surface area contributed by atoms with E-state index in [9.17, 15) is 4.79 Å². The van der Waals surface area contributed by atoms with Crippen LogP contribution in [0.25, 0.3) is 11.1 Å². The van der Waals surface area contributed by atoms with Crippen LogP contribution in [-0.4, -0.2) is 38.6 Å². The summed E-state index contributed by atoms with van der Waals surface area (Å²) >= 11 is 0. The van der Waals surface area contributed by atoms with E-state index < -0.39 is 5.41 Å². The first kappa shape index (κ1) is 22.5. The van der Waals surface area contributed by atoms with E-state index in [-0.39, 0.29) is 24.9 Å². The fraction of sp³-hybridized carbons (Fsp3) is 0.480. The predicted molar refractivity (Wildman–Crippen MR) is 118 cm³/mol. The Kier molecular flexibility index (Phi) is 8.02. The second kappa shape index (κ2) is 10.7. The average Bonchev–Trinajstić information content (AvgIpc) is 2.79. The number of methoxy groups -OCH3 is 1. The van der Waals surface area contributed by atoms with Crippen LogP contribution < -0.4 is 5.73 Å². The molecule has 162 valence electrons. The molecule has 0 aliphatic carbocycles. The highest BCUT2D eigenvalue weighted by Crippen LogP contribution is 2.28. The molecule has 1 heterocycles. The Morgan fingerprint density at radius 2 is 1.83 bits per heavy atom. The molecule has 3 atom stereocenters. The second-order valence-corrected chi connectivity index (χ2v) is 8.39. The fourth-order valence-corrected chi connectivity index (χ4v) is 3.98. The summed E-state index contributed by atoms with van der Waals surface area (Å²) in [5, 5.41) is 0. The number of rotatable bonds is 9. The van der Waals surface area contributed by atoms with E-state index in [0.29, 0.717) is 19.4 Å². The molecule has 0 bridgehead atoms. The SMILES string of the molecule is COC(=O)[C@](C)(COC1CCCCO1)C[C@H](N)Cc1ccc(-c2ccccc2)cc1. The van der Waals surface area contributed by atoms with Crippen LogP contribution in [0.1, 0.15) is 38.2 Å². The Hall–Kier alpha value is -2.21. The van der Waals surface area contributed by atoms with Gasteiger partial charge >= 0.3 is 5.97 Å². The molecule has 1 fully saturated rings. The zero-order valence-corrected chi connectivity index (χ0v) is 18.0. The monoisotopic (exact) mass is 411 g/mol. The standard InChI is InChI=1S/C25H33NO4/c1-25(24(27)28-2,18-30-23-10-6-7-15-29-23)17-22(26)16-19-11-13-21(14-12-19)20-8-4-3-5-9-20/h3-5,8-9,11-14,22-23H,6-7,10,15-18,26H2,1-2H3/t22-,23?,25+/m1/s1. The van der Waals surface area contributed by atoms with Gasteiger partial charge in [0.15, 0.2) is 6.29 Å². The molecule has 1 unspecified atom stereocenters. The minimum absolute atomic E-state index is 0.187. The van der Waals surface area contributed by atoms with E-state index in [1.54, 1.807) is 0 Å². The Morgan fingerprint density at radius 3 is 2.47 bits per heavy atom. The first-order valence-electron chi connectivity index (χ1n) is 10.7. The van der Waals surface area contributed by atoms with Gasteiger partial charge in [-0.1, -0.05) is 54.6 Å².